The zero-order valence-electron chi connectivity index (χ0n) is 6.62. The van der Waals surface area contributed by atoms with Gasteiger partial charge in [-0.1, -0.05) is 0 Å². The average Bonchev–Trinajstić information content (AvgIpc) is 1.88. The minimum Gasteiger partial charge on any atom is -0.481 e. The minimum atomic E-state index is -0.647. The number of likely N-dealkylation sites (tertiary alicyclic amines) is 1. The fourth-order valence-electron chi connectivity index (χ4n) is 1.37. The van der Waals surface area contributed by atoms with E-state index in [4.69, 9.17) is 5.11 Å². The molecule has 0 radical (unpaired) electrons. The van der Waals surface area contributed by atoms with Crippen molar-refractivity contribution in [1.29, 1.82) is 0 Å². The lowest BCUT2D eigenvalue weighted by Gasteiger charge is -2.26. The van der Waals surface area contributed by atoms with Crippen LogP contribution in [0.4, 0.5) is 0 Å². The normalized spacial score (nSPS) is 25.7. The molecule has 0 saturated carbocycles. The average molecular weight is 180 g/mol. The van der Waals surface area contributed by atoms with Crippen LogP contribution in [-0.4, -0.2) is 36.1 Å². The van der Waals surface area contributed by atoms with E-state index < -0.39 is 5.97 Å². The van der Waals surface area contributed by atoms with Crippen molar-refractivity contribution in [2.45, 2.75) is 12.8 Å². The van der Waals surface area contributed by atoms with Crippen LogP contribution in [0, 0.1) is 5.92 Å². The van der Waals surface area contributed by atoms with E-state index >= 15 is 0 Å². The van der Waals surface area contributed by atoms with Crippen LogP contribution in [0.2, 0.25) is 0 Å². The number of aliphatic carboxylic acids is 1. The van der Waals surface area contributed by atoms with E-state index in [1.807, 2.05) is 7.05 Å². The number of carboxylic acids is 1. The molecule has 0 aromatic rings. The molecule has 0 aliphatic carbocycles. The van der Waals surface area contributed by atoms with Crippen molar-refractivity contribution >= 4 is 18.4 Å². The Hall–Kier alpha value is -0.280. The molecule has 0 aromatic carbocycles. The second kappa shape index (κ2) is 4.57. The van der Waals surface area contributed by atoms with Gasteiger partial charge in [0, 0.05) is 6.54 Å². The molecule has 1 fully saturated rings. The number of carboxylic acid groups (broad SMARTS) is 1. The SMILES string of the molecule is CN1CCC[C@@H](C(=O)O)C1.Cl. The highest BCUT2D eigenvalue weighted by atomic mass is 35.5. The highest BCUT2D eigenvalue weighted by molar-refractivity contribution is 5.85. The molecular formula is C7H14ClNO2. The lowest BCUT2D eigenvalue weighted by Crippen LogP contribution is -2.35. The largest absolute Gasteiger partial charge is 0.481 e. The van der Waals surface area contributed by atoms with Crippen molar-refractivity contribution in [2.24, 2.45) is 5.92 Å². The van der Waals surface area contributed by atoms with Crippen molar-refractivity contribution in [1.82, 2.24) is 4.90 Å². The lowest BCUT2D eigenvalue weighted by atomic mass is 9.99. The highest BCUT2D eigenvalue weighted by Gasteiger charge is 2.22. The van der Waals surface area contributed by atoms with Crippen LogP contribution in [0.1, 0.15) is 12.8 Å². The first kappa shape index (κ1) is 10.7. The Bertz CT molecular complexity index is 140. The fraction of sp³-hybridized carbons (Fsp3) is 0.857. The number of nitrogens with zero attached hydrogens (tertiary/aromatic N) is 1. The Morgan fingerprint density at radius 1 is 1.64 bits per heavy atom. The number of carbonyl (C=O) groups is 1. The Labute approximate surface area is 72.8 Å². The van der Waals surface area contributed by atoms with Gasteiger partial charge in [0.1, 0.15) is 0 Å². The summed E-state index contributed by atoms with van der Waals surface area (Å²) in [7, 11) is 1.97. The van der Waals surface area contributed by atoms with E-state index in [0.717, 1.165) is 25.9 Å². The third-order valence-electron chi connectivity index (χ3n) is 1.97. The topological polar surface area (TPSA) is 40.5 Å². The first-order valence-corrected chi connectivity index (χ1v) is 3.61. The summed E-state index contributed by atoms with van der Waals surface area (Å²) in [6.07, 6.45) is 1.87. The van der Waals surface area contributed by atoms with Crippen LogP contribution in [-0.2, 0) is 4.79 Å². The highest BCUT2D eigenvalue weighted by Crippen LogP contribution is 2.14. The molecule has 1 aliphatic heterocycles. The Kier molecular flexibility index (Phi) is 4.45. The smallest absolute Gasteiger partial charge is 0.307 e. The van der Waals surface area contributed by atoms with Gasteiger partial charge < -0.3 is 10.0 Å². The molecule has 0 bridgehead atoms. The molecule has 0 aromatic heterocycles. The Morgan fingerprint density at radius 3 is 2.64 bits per heavy atom. The molecule has 0 spiro atoms. The van der Waals surface area contributed by atoms with E-state index in [0.29, 0.717) is 0 Å². The molecule has 1 N–H and O–H groups in total. The summed E-state index contributed by atoms with van der Waals surface area (Å²) >= 11 is 0. The molecule has 1 rings (SSSR count). The summed E-state index contributed by atoms with van der Waals surface area (Å²) < 4.78 is 0. The molecule has 1 saturated heterocycles. The number of hydrogen-bond donors (Lipinski definition) is 1. The van der Waals surface area contributed by atoms with Crippen LogP contribution in [0.25, 0.3) is 0 Å². The van der Waals surface area contributed by atoms with Gasteiger partial charge in [0.25, 0.3) is 0 Å². The molecular weight excluding hydrogens is 166 g/mol. The number of piperidine rings is 1. The van der Waals surface area contributed by atoms with Gasteiger partial charge in [-0.15, -0.1) is 12.4 Å². The summed E-state index contributed by atoms with van der Waals surface area (Å²) in [5.74, 6) is -0.773. The van der Waals surface area contributed by atoms with Gasteiger partial charge in [-0.05, 0) is 26.4 Å². The van der Waals surface area contributed by atoms with Crippen LogP contribution >= 0.6 is 12.4 Å². The Morgan fingerprint density at radius 2 is 2.27 bits per heavy atom. The molecule has 0 amide bonds. The number of rotatable bonds is 1. The van der Waals surface area contributed by atoms with Crippen LogP contribution in [0.5, 0.6) is 0 Å². The predicted octanol–water partition coefficient (Wildman–Crippen LogP) is 0.835. The minimum absolute atomic E-state index is 0. The van der Waals surface area contributed by atoms with Gasteiger partial charge in [0.15, 0.2) is 0 Å². The first-order valence-electron chi connectivity index (χ1n) is 3.61. The van der Waals surface area contributed by atoms with Crippen molar-refractivity contribution in [3.05, 3.63) is 0 Å². The maximum atomic E-state index is 10.5. The zero-order valence-corrected chi connectivity index (χ0v) is 7.43. The molecule has 1 aliphatic rings. The van der Waals surface area contributed by atoms with Gasteiger partial charge in [-0.3, -0.25) is 4.79 Å². The molecule has 66 valence electrons. The van der Waals surface area contributed by atoms with Gasteiger partial charge in [0.2, 0.25) is 0 Å². The maximum Gasteiger partial charge on any atom is 0.307 e. The van der Waals surface area contributed by atoms with Gasteiger partial charge in [-0.25, -0.2) is 0 Å². The second-order valence-corrected chi connectivity index (χ2v) is 2.94. The van der Waals surface area contributed by atoms with Crippen LogP contribution < -0.4 is 0 Å². The van der Waals surface area contributed by atoms with E-state index in [1.54, 1.807) is 0 Å². The van der Waals surface area contributed by atoms with Gasteiger partial charge in [0.05, 0.1) is 5.92 Å². The quantitative estimate of drug-likeness (QED) is 0.649. The van der Waals surface area contributed by atoms with E-state index in [9.17, 15) is 4.79 Å². The predicted molar refractivity (Wildman–Crippen MR) is 45.1 cm³/mol. The van der Waals surface area contributed by atoms with E-state index in [2.05, 4.69) is 4.90 Å². The molecule has 3 nitrogen and oxygen atoms in total. The zero-order chi connectivity index (χ0) is 7.56. The third-order valence-corrected chi connectivity index (χ3v) is 1.97. The van der Waals surface area contributed by atoms with Crippen LogP contribution in [0.15, 0.2) is 0 Å². The number of halogens is 1. The Balaban J connectivity index is 0.000001000. The van der Waals surface area contributed by atoms with E-state index in [1.165, 1.54) is 0 Å². The lowest BCUT2D eigenvalue weighted by molar-refractivity contribution is -0.143. The van der Waals surface area contributed by atoms with E-state index in [-0.39, 0.29) is 18.3 Å². The van der Waals surface area contributed by atoms with Crippen LogP contribution in [0.3, 0.4) is 0 Å². The summed E-state index contributed by atoms with van der Waals surface area (Å²) in [5.41, 5.74) is 0. The first-order chi connectivity index (χ1) is 4.70. The van der Waals surface area contributed by atoms with Crippen molar-refractivity contribution < 1.29 is 9.90 Å². The summed E-state index contributed by atoms with van der Waals surface area (Å²) in [5, 5.41) is 8.63. The van der Waals surface area contributed by atoms with Crippen molar-refractivity contribution in [3.63, 3.8) is 0 Å². The maximum absolute atomic E-state index is 10.5. The summed E-state index contributed by atoms with van der Waals surface area (Å²) in [4.78, 5) is 12.5. The van der Waals surface area contributed by atoms with Crippen molar-refractivity contribution in [2.75, 3.05) is 20.1 Å². The standard InChI is InChI=1S/C7H13NO2.ClH/c1-8-4-2-3-6(5-8)7(9)10;/h6H,2-5H2,1H3,(H,9,10);1H/t6-;/m1./s1. The summed E-state index contributed by atoms with van der Waals surface area (Å²) in [6.45, 7) is 1.76. The third kappa shape index (κ3) is 3.08. The molecule has 0 unspecified atom stereocenters. The molecule has 4 heteroatoms. The summed E-state index contributed by atoms with van der Waals surface area (Å²) in [6, 6.07) is 0. The molecule has 11 heavy (non-hydrogen) atoms. The fourth-order valence-corrected chi connectivity index (χ4v) is 1.37. The number of hydrogen-bond acceptors (Lipinski definition) is 2. The van der Waals surface area contributed by atoms with Crippen molar-refractivity contribution in [3.8, 4) is 0 Å². The van der Waals surface area contributed by atoms with Gasteiger partial charge >= 0.3 is 5.97 Å². The monoisotopic (exact) mass is 179 g/mol. The van der Waals surface area contributed by atoms with Gasteiger partial charge in [-0.2, -0.15) is 0 Å². The molecule has 1 heterocycles. The molecule has 1 atom stereocenters. The second-order valence-electron chi connectivity index (χ2n) is 2.94.